The number of carbonyl (C=O) groups is 1. The van der Waals surface area contributed by atoms with Crippen molar-refractivity contribution < 1.29 is 13.9 Å². The zero-order valence-electron chi connectivity index (χ0n) is 15.4. The molecule has 1 saturated heterocycles. The smallest absolute Gasteiger partial charge is 0.341 e. The Morgan fingerprint density at radius 3 is 2.96 bits per heavy atom. The first-order valence-corrected chi connectivity index (χ1v) is 9.52. The van der Waals surface area contributed by atoms with Gasteiger partial charge in [0.05, 0.1) is 30.0 Å². The normalized spacial score (nSPS) is 24.4. The van der Waals surface area contributed by atoms with Gasteiger partial charge in [-0.1, -0.05) is 25.0 Å². The minimum atomic E-state index is -1.38. The van der Waals surface area contributed by atoms with Crippen molar-refractivity contribution in [2.75, 3.05) is 18.1 Å². The minimum absolute atomic E-state index is 0.0337. The Hall–Kier alpha value is -2.81. The van der Waals surface area contributed by atoms with Crippen molar-refractivity contribution in [2.24, 2.45) is 5.41 Å². The third-order valence-electron chi connectivity index (χ3n) is 5.78. The van der Waals surface area contributed by atoms with E-state index >= 15 is 0 Å². The summed E-state index contributed by atoms with van der Waals surface area (Å²) in [5.41, 5.74) is -0.102. The van der Waals surface area contributed by atoms with E-state index in [2.05, 4.69) is 11.0 Å². The second-order valence-corrected chi connectivity index (χ2v) is 7.25. The summed E-state index contributed by atoms with van der Waals surface area (Å²) >= 11 is 0. The van der Waals surface area contributed by atoms with Gasteiger partial charge in [-0.05, 0) is 31.9 Å². The maximum absolute atomic E-state index is 12.9. The maximum atomic E-state index is 12.9. The molecule has 0 amide bonds. The lowest BCUT2D eigenvalue weighted by atomic mass is 9.71. The number of esters is 1. The topological polar surface area (TPSA) is 83.5 Å². The Morgan fingerprint density at radius 1 is 1.37 bits per heavy atom. The van der Waals surface area contributed by atoms with Gasteiger partial charge >= 0.3 is 11.6 Å². The van der Waals surface area contributed by atoms with Gasteiger partial charge in [-0.25, -0.2) is 4.79 Å². The fraction of sp³-hybridized carbons (Fsp3) is 0.476. The van der Waals surface area contributed by atoms with Crippen molar-refractivity contribution in [1.29, 1.82) is 5.26 Å². The minimum Gasteiger partial charge on any atom is -0.465 e. The van der Waals surface area contributed by atoms with Gasteiger partial charge in [0, 0.05) is 18.4 Å². The van der Waals surface area contributed by atoms with Crippen LogP contribution in [-0.2, 0) is 16.0 Å². The Bertz CT molecular complexity index is 990. The number of hydrogen-bond acceptors (Lipinski definition) is 6. The first-order chi connectivity index (χ1) is 13.1. The Morgan fingerprint density at radius 2 is 2.19 bits per heavy atom. The molecule has 1 fully saturated rings. The molecule has 2 aliphatic heterocycles. The Kier molecular flexibility index (Phi) is 4.39. The predicted octanol–water partition coefficient (Wildman–Crippen LogP) is 3.17. The molecule has 6 heteroatoms. The van der Waals surface area contributed by atoms with Crippen LogP contribution in [0, 0.1) is 16.7 Å². The number of benzene rings is 1. The van der Waals surface area contributed by atoms with Crippen LogP contribution in [0.4, 0.5) is 5.69 Å². The summed E-state index contributed by atoms with van der Waals surface area (Å²) in [5.74, 6) is -0.539. The molecule has 0 saturated carbocycles. The van der Waals surface area contributed by atoms with Gasteiger partial charge in [0.25, 0.3) is 0 Å². The summed E-state index contributed by atoms with van der Waals surface area (Å²) < 4.78 is 10.8. The highest BCUT2D eigenvalue weighted by Crippen LogP contribution is 2.46. The second-order valence-electron chi connectivity index (χ2n) is 7.25. The molecule has 3 heterocycles. The average Bonchev–Trinajstić information content (AvgIpc) is 2.94. The molecule has 0 aliphatic carbocycles. The molecule has 0 unspecified atom stereocenters. The summed E-state index contributed by atoms with van der Waals surface area (Å²) in [6.45, 7) is 2.63. The van der Waals surface area contributed by atoms with Crippen LogP contribution in [0.1, 0.15) is 38.2 Å². The Balaban J connectivity index is 2.00. The largest absolute Gasteiger partial charge is 0.465 e. The van der Waals surface area contributed by atoms with Gasteiger partial charge in [0.2, 0.25) is 0 Å². The average molecular weight is 366 g/mol. The predicted molar refractivity (Wildman–Crippen MR) is 100 cm³/mol. The summed E-state index contributed by atoms with van der Waals surface area (Å²) in [5, 5.41) is 10.9. The number of hydrogen-bond donors (Lipinski definition) is 0. The van der Waals surface area contributed by atoms with Crippen molar-refractivity contribution >= 4 is 22.6 Å². The molecule has 2 aliphatic rings. The van der Waals surface area contributed by atoms with Crippen molar-refractivity contribution in [2.45, 2.75) is 45.1 Å². The molecule has 0 N–H and O–H groups in total. The summed E-state index contributed by atoms with van der Waals surface area (Å²) in [6, 6.07) is 9.40. The van der Waals surface area contributed by atoms with Crippen LogP contribution in [-0.4, -0.2) is 25.2 Å². The van der Waals surface area contributed by atoms with E-state index in [1.165, 1.54) is 0 Å². The molecule has 6 nitrogen and oxygen atoms in total. The van der Waals surface area contributed by atoms with Crippen LogP contribution in [0.3, 0.4) is 0 Å². The lowest BCUT2D eigenvalue weighted by molar-refractivity contribution is -0.153. The SMILES string of the molecule is CCOC(=O)[C@]1(C#N)Cc2c(c3ccccc3oc2=O)N2CCCCC[C@H]21. The molecule has 2 aromatic rings. The number of fused-ring (bicyclic) bond motifs is 5. The first kappa shape index (κ1) is 17.6. The van der Waals surface area contributed by atoms with Gasteiger partial charge < -0.3 is 14.1 Å². The van der Waals surface area contributed by atoms with Crippen LogP contribution in [0.2, 0.25) is 0 Å². The quantitative estimate of drug-likeness (QED) is 0.600. The van der Waals surface area contributed by atoms with E-state index in [4.69, 9.17) is 9.15 Å². The van der Waals surface area contributed by atoms with E-state index in [-0.39, 0.29) is 19.1 Å². The molecule has 2 atom stereocenters. The maximum Gasteiger partial charge on any atom is 0.341 e. The number of nitriles is 1. The lowest BCUT2D eigenvalue weighted by Crippen LogP contribution is -2.57. The third-order valence-corrected chi connectivity index (χ3v) is 5.78. The summed E-state index contributed by atoms with van der Waals surface area (Å²) in [4.78, 5) is 27.8. The van der Waals surface area contributed by atoms with Crippen molar-refractivity contribution in [3.63, 3.8) is 0 Å². The molecule has 1 aromatic carbocycles. The van der Waals surface area contributed by atoms with Crippen LogP contribution in [0.25, 0.3) is 11.0 Å². The highest BCUT2D eigenvalue weighted by molar-refractivity contribution is 5.95. The van der Waals surface area contributed by atoms with Crippen LogP contribution in [0.5, 0.6) is 0 Å². The number of carbonyl (C=O) groups excluding carboxylic acids is 1. The van der Waals surface area contributed by atoms with Gasteiger partial charge in [-0.15, -0.1) is 0 Å². The molecule has 0 radical (unpaired) electrons. The van der Waals surface area contributed by atoms with E-state index in [9.17, 15) is 14.9 Å². The van der Waals surface area contributed by atoms with E-state index in [0.717, 1.165) is 36.8 Å². The van der Waals surface area contributed by atoms with Gasteiger partial charge in [-0.3, -0.25) is 4.79 Å². The molecule has 0 spiro atoms. The summed E-state index contributed by atoms with van der Waals surface area (Å²) in [7, 11) is 0. The van der Waals surface area contributed by atoms with Gasteiger partial charge in [0.1, 0.15) is 5.58 Å². The first-order valence-electron chi connectivity index (χ1n) is 9.52. The molecule has 27 heavy (non-hydrogen) atoms. The monoisotopic (exact) mass is 366 g/mol. The second kappa shape index (κ2) is 6.73. The highest BCUT2D eigenvalue weighted by Gasteiger charge is 2.55. The number of anilines is 1. The fourth-order valence-corrected chi connectivity index (χ4v) is 4.57. The van der Waals surface area contributed by atoms with E-state index in [1.54, 1.807) is 13.0 Å². The molecule has 140 valence electrons. The number of nitrogens with zero attached hydrogens (tertiary/aromatic N) is 2. The lowest BCUT2D eigenvalue weighted by Gasteiger charge is -2.45. The van der Waals surface area contributed by atoms with E-state index in [1.807, 2.05) is 18.2 Å². The third kappa shape index (κ3) is 2.61. The molecular formula is C21H22N2O4. The Labute approximate surface area is 157 Å². The molecular weight excluding hydrogens is 344 g/mol. The summed E-state index contributed by atoms with van der Waals surface area (Å²) in [6.07, 6.45) is 3.69. The standard InChI is InChI=1S/C21H22N2O4/c1-2-26-20(25)21(13-22)12-15-18(23-11-7-3-4-10-17(21)23)14-8-5-6-9-16(14)27-19(15)24/h5-6,8-9,17H,2-4,7,10-12H2,1H3/t17-,21-/m0/s1. The molecule has 4 rings (SSSR count). The highest BCUT2D eigenvalue weighted by atomic mass is 16.5. The molecule has 1 aromatic heterocycles. The number of ether oxygens (including phenoxy) is 1. The fourth-order valence-electron chi connectivity index (χ4n) is 4.57. The van der Waals surface area contributed by atoms with Crippen LogP contribution < -0.4 is 10.5 Å². The van der Waals surface area contributed by atoms with Crippen molar-refractivity contribution in [3.05, 3.63) is 40.2 Å². The zero-order chi connectivity index (χ0) is 19.0. The number of para-hydroxylation sites is 1. The zero-order valence-corrected chi connectivity index (χ0v) is 15.4. The van der Waals surface area contributed by atoms with Crippen molar-refractivity contribution in [1.82, 2.24) is 0 Å². The van der Waals surface area contributed by atoms with Gasteiger partial charge in [0.15, 0.2) is 5.41 Å². The van der Waals surface area contributed by atoms with Gasteiger partial charge in [-0.2, -0.15) is 5.26 Å². The number of rotatable bonds is 2. The van der Waals surface area contributed by atoms with Crippen molar-refractivity contribution in [3.8, 4) is 6.07 Å². The van der Waals surface area contributed by atoms with Crippen LogP contribution >= 0.6 is 0 Å². The van der Waals surface area contributed by atoms with Crippen LogP contribution in [0.15, 0.2) is 33.5 Å². The van der Waals surface area contributed by atoms with E-state index in [0.29, 0.717) is 17.7 Å². The van der Waals surface area contributed by atoms with E-state index < -0.39 is 17.0 Å². The molecule has 0 bridgehead atoms.